The van der Waals surface area contributed by atoms with Crippen LogP contribution in [-0.4, -0.2) is 37.6 Å². The first kappa shape index (κ1) is 23.4. The molecule has 0 unspecified atom stereocenters. The molecule has 1 fully saturated rings. The summed E-state index contributed by atoms with van der Waals surface area (Å²) in [7, 11) is -3.46. The van der Waals surface area contributed by atoms with Crippen molar-refractivity contribution in [2.24, 2.45) is 11.8 Å². The van der Waals surface area contributed by atoms with E-state index in [1.54, 1.807) is 17.5 Å². The minimum Gasteiger partial charge on any atom is -0.352 e. The standard InChI is InChI=1S/C22H29N3O4S2/c1-16(2)13-20(26)24-19-6-3-5-17(14-19)15-23-22(27)18-8-10-25(11-9-18)31(28,29)21-7-4-12-30-21/h3-7,12,14,16,18H,8-11,13,15H2,1-2H3,(H,23,27)(H,24,26). The lowest BCUT2D eigenvalue weighted by Gasteiger charge is -2.30. The second-order valence-electron chi connectivity index (χ2n) is 8.17. The van der Waals surface area contributed by atoms with Crippen molar-refractivity contribution in [1.29, 1.82) is 0 Å². The molecular formula is C22H29N3O4S2. The van der Waals surface area contributed by atoms with Crippen LogP contribution >= 0.6 is 11.3 Å². The van der Waals surface area contributed by atoms with Crippen molar-refractivity contribution in [2.75, 3.05) is 18.4 Å². The second kappa shape index (κ2) is 10.4. The number of carbonyl (C=O) groups is 2. The molecule has 1 aromatic carbocycles. The van der Waals surface area contributed by atoms with Crippen LogP contribution in [0.4, 0.5) is 5.69 Å². The average molecular weight is 464 g/mol. The summed E-state index contributed by atoms with van der Waals surface area (Å²) in [6, 6.07) is 10.8. The van der Waals surface area contributed by atoms with Crippen LogP contribution in [0.2, 0.25) is 0 Å². The zero-order valence-corrected chi connectivity index (χ0v) is 19.5. The highest BCUT2D eigenvalue weighted by Crippen LogP contribution is 2.26. The van der Waals surface area contributed by atoms with Crippen molar-refractivity contribution in [3.05, 3.63) is 47.3 Å². The Morgan fingerprint density at radius 3 is 2.55 bits per heavy atom. The number of nitrogens with one attached hydrogen (secondary N) is 2. The quantitative estimate of drug-likeness (QED) is 0.627. The summed E-state index contributed by atoms with van der Waals surface area (Å²) in [5, 5.41) is 7.57. The van der Waals surface area contributed by atoms with Gasteiger partial charge in [0, 0.05) is 37.7 Å². The molecule has 1 aliphatic heterocycles. The highest BCUT2D eigenvalue weighted by Gasteiger charge is 2.32. The molecule has 0 atom stereocenters. The summed E-state index contributed by atoms with van der Waals surface area (Å²) >= 11 is 1.21. The van der Waals surface area contributed by atoms with Crippen LogP contribution in [0.5, 0.6) is 0 Å². The minimum absolute atomic E-state index is 0.0274. The molecule has 1 saturated heterocycles. The summed E-state index contributed by atoms with van der Waals surface area (Å²) < 4.78 is 27.0. The van der Waals surface area contributed by atoms with Crippen LogP contribution in [0.1, 0.15) is 38.7 Å². The summed E-state index contributed by atoms with van der Waals surface area (Å²) in [6.07, 6.45) is 1.46. The Labute approximate surface area is 187 Å². The maximum absolute atomic E-state index is 12.6. The Balaban J connectivity index is 1.49. The molecule has 2 heterocycles. The first-order valence-electron chi connectivity index (χ1n) is 10.5. The van der Waals surface area contributed by atoms with Crippen molar-refractivity contribution >= 4 is 38.9 Å². The van der Waals surface area contributed by atoms with E-state index in [2.05, 4.69) is 10.6 Å². The van der Waals surface area contributed by atoms with Crippen LogP contribution in [0.3, 0.4) is 0 Å². The Kier molecular flexibility index (Phi) is 7.85. The van der Waals surface area contributed by atoms with Gasteiger partial charge in [-0.15, -0.1) is 11.3 Å². The van der Waals surface area contributed by atoms with E-state index in [0.29, 0.717) is 48.8 Å². The van der Waals surface area contributed by atoms with Gasteiger partial charge >= 0.3 is 0 Å². The highest BCUT2D eigenvalue weighted by molar-refractivity contribution is 7.91. The van der Waals surface area contributed by atoms with Gasteiger partial charge in [0.05, 0.1) is 0 Å². The zero-order chi connectivity index (χ0) is 22.4. The van der Waals surface area contributed by atoms with Crippen molar-refractivity contribution in [3.63, 3.8) is 0 Å². The van der Waals surface area contributed by atoms with Crippen LogP contribution in [0.25, 0.3) is 0 Å². The van der Waals surface area contributed by atoms with Crippen LogP contribution in [-0.2, 0) is 26.2 Å². The van der Waals surface area contributed by atoms with E-state index in [9.17, 15) is 18.0 Å². The van der Waals surface area contributed by atoms with Gasteiger partial charge < -0.3 is 10.6 Å². The molecule has 0 saturated carbocycles. The lowest BCUT2D eigenvalue weighted by atomic mass is 9.97. The number of hydrogen-bond donors (Lipinski definition) is 2. The molecule has 1 aromatic heterocycles. The number of hydrogen-bond acceptors (Lipinski definition) is 5. The van der Waals surface area contributed by atoms with Crippen molar-refractivity contribution < 1.29 is 18.0 Å². The SMILES string of the molecule is CC(C)CC(=O)Nc1cccc(CNC(=O)C2CCN(S(=O)(=O)c3cccs3)CC2)c1. The lowest BCUT2D eigenvalue weighted by molar-refractivity contribution is -0.126. The van der Waals surface area contributed by atoms with Gasteiger partial charge in [-0.3, -0.25) is 9.59 Å². The molecule has 0 spiro atoms. The number of nitrogens with zero attached hydrogens (tertiary/aromatic N) is 1. The number of carbonyl (C=O) groups excluding carboxylic acids is 2. The van der Waals surface area contributed by atoms with E-state index >= 15 is 0 Å². The molecule has 3 rings (SSSR count). The monoisotopic (exact) mass is 463 g/mol. The molecule has 9 heteroatoms. The molecule has 1 aliphatic rings. The minimum atomic E-state index is -3.46. The number of amides is 2. The fourth-order valence-electron chi connectivity index (χ4n) is 3.57. The Bertz CT molecular complexity index is 996. The summed E-state index contributed by atoms with van der Waals surface area (Å²) in [5.74, 6) is -0.0132. The third-order valence-corrected chi connectivity index (χ3v) is 8.46. The van der Waals surface area contributed by atoms with Crippen LogP contribution in [0, 0.1) is 11.8 Å². The highest BCUT2D eigenvalue weighted by atomic mass is 32.2. The largest absolute Gasteiger partial charge is 0.352 e. The third-order valence-electron chi connectivity index (χ3n) is 5.19. The van der Waals surface area contributed by atoms with Crippen molar-refractivity contribution in [2.45, 2.75) is 43.9 Å². The van der Waals surface area contributed by atoms with E-state index in [1.165, 1.54) is 15.6 Å². The number of thiophene rings is 1. The Morgan fingerprint density at radius 1 is 1.16 bits per heavy atom. The molecular weight excluding hydrogens is 434 g/mol. The van der Waals surface area contributed by atoms with Crippen LogP contribution < -0.4 is 10.6 Å². The summed E-state index contributed by atoms with van der Waals surface area (Å²) in [5.41, 5.74) is 1.61. The molecule has 2 N–H and O–H groups in total. The molecule has 2 aromatic rings. The topological polar surface area (TPSA) is 95.6 Å². The van der Waals surface area contributed by atoms with Gasteiger partial charge in [0.15, 0.2) is 0 Å². The molecule has 0 bridgehead atoms. The van der Waals surface area contributed by atoms with Gasteiger partial charge in [0.25, 0.3) is 10.0 Å². The number of rotatable bonds is 8. The molecule has 0 aliphatic carbocycles. The smallest absolute Gasteiger partial charge is 0.252 e. The predicted octanol–water partition coefficient (Wildman–Crippen LogP) is 3.45. The summed E-state index contributed by atoms with van der Waals surface area (Å²) in [4.78, 5) is 24.5. The summed E-state index contributed by atoms with van der Waals surface area (Å²) in [6.45, 7) is 5.03. The number of piperidine rings is 1. The fraction of sp³-hybridized carbons (Fsp3) is 0.455. The molecule has 7 nitrogen and oxygen atoms in total. The van der Waals surface area contributed by atoms with Crippen LogP contribution in [0.15, 0.2) is 46.0 Å². The maximum atomic E-state index is 12.6. The normalized spacial score (nSPS) is 15.7. The second-order valence-corrected chi connectivity index (χ2v) is 11.3. The third kappa shape index (κ3) is 6.38. The van der Waals surface area contributed by atoms with Gasteiger partial charge in [-0.25, -0.2) is 8.42 Å². The van der Waals surface area contributed by atoms with E-state index in [4.69, 9.17) is 0 Å². The maximum Gasteiger partial charge on any atom is 0.252 e. The average Bonchev–Trinajstić information content (AvgIpc) is 3.27. The van der Waals surface area contributed by atoms with E-state index < -0.39 is 10.0 Å². The lowest BCUT2D eigenvalue weighted by Crippen LogP contribution is -2.42. The Hall–Kier alpha value is -2.23. The predicted molar refractivity (Wildman–Crippen MR) is 122 cm³/mol. The number of anilines is 1. The molecule has 168 valence electrons. The van der Waals surface area contributed by atoms with Gasteiger partial charge in [0.2, 0.25) is 11.8 Å². The van der Waals surface area contributed by atoms with Gasteiger partial charge in [-0.1, -0.05) is 32.0 Å². The Morgan fingerprint density at radius 2 is 1.90 bits per heavy atom. The first-order chi connectivity index (χ1) is 14.8. The molecule has 2 amide bonds. The van der Waals surface area contributed by atoms with Gasteiger partial charge in [-0.05, 0) is 47.9 Å². The van der Waals surface area contributed by atoms with E-state index in [-0.39, 0.29) is 23.7 Å². The molecule has 0 radical (unpaired) electrons. The first-order valence-corrected chi connectivity index (χ1v) is 12.8. The van der Waals surface area contributed by atoms with Crippen molar-refractivity contribution in [1.82, 2.24) is 9.62 Å². The van der Waals surface area contributed by atoms with E-state index in [1.807, 2.05) is 38.1 Å². The van der Waals surface area contributed by atoms with Gasteiger partial charge in [-0.2, -0.15) is 4.31 Å². The number of benzene rings is 1. The zero-order valence-electron chi connectivity index (χ0n) is 17.8. The van der Waals surface area contributed by atoms with Gasteiger partial charge in [0.1, 0.15) is 4.21 Å². The van der Waals surface area contributed by atoms with Crippen molar-refractivity contribution in [3.8, 4) is 0 Å². The fourth-order valence-corrected chi connectivity index (χ4v) is 6.19. The number of sulfonamides is 1. The van der Waals surface area contributed by atoms with E-state index in [0.717, 1.165) is 5.56 Å². The molecule has 31 heavy (non-hydrogen) atoms.